The van der Waals surface area contributed by atoms with Crippen molar-refractivity contribution >= 4 is 27.5 Å². The number of imidazole rings is 1. The number of carbonyl (C=O) groups is 1. The summed E-state index contributed by atoms with van der Waals surface area (Å²) in [6, 6.07) is 3.03. The average molecular weight is 342 g/mol. The average Bonchev–Trinajstić information content (AvgIpc) is 2.80. The molecule has 2 heterocycles. The van der Waals surface area contributed by atoms with Gasteiger partial charge in [-0.2, -0.15) is 0 Å². The predicted octanol–water partition coefficient (Wildman–Crippen LogP) is 1.11. The van der Waals surface area contributed by atoms with Crippen molar-refractivity contribution in [2.45, 2.75) is 25.6 Å². The van der Waals surface area contributed by atoms with E-state index in [-0.39, 0.29) is 0 Å². The molecule has 0 spiro atoms. The molecule has 2 atom stereocenters. The SMILES string of the molecule is COC(=O)[C@H](NCc1cnc2ccc(Br)cn12)[C@H](C)O. The van der Waals surface area contributed by atoms with Crippen LogP contribution in [0.3, 0.4) is 0 Å². The highest BCUT2D eigenvalue weighted by atomic mass is 79.9. The Hall–Kier alpha value is -1.44. The molecular formula is C13H16BrN3O3. The lowest BCUT2D eigenvalue weighted by Crippen LogP contribution is -2.45. The zero-order chi connectivity index (χ0) is 14.7. The van der Waals surface area contributed by atoms with Gasteiger partial charge in [-0.15, -0.1) is 0 Å². The van der Waals surface area contributed by atoms with Crippen LogP contribution in [0.1, 0.15) is 12.6 Å². The summed E-state index contributed by atoms with van der Waals surface area (Å²) < 4.78 is 7.50. The van der Waals surface area contributed by atoms with Crippen LogP contribution < -0.4 is 5.32 Å². The summed E-state index contributed by atoms with van der Waals surface area (Å²) in [5.74, 6) is -0.491. The summed E-state index contributed by atoms with van der Waals surface area (Å²) in [4.78, 5) is 15.8. The molecule has 0 saturated heterocycles. The molecule has 0 amide bonds. The molecule has 20 heavy (non-hydrogen) atoms. The second-order valence-corrected chi connectivity index (χ2v) is 5.36. The van der Waals surface area contributed by atoms with Gasteiger partial charge in [0.25, 0.3) is 0 Å². The lowest BCUT2D eigenvalue weighted by Gasteiger charge is -2.18. The molecule has 0 unspecified atom stereocenters. The summed E-state index contributed by atoms with van der Waals surface area (Å²) >= 11 is 3.41. The number of fused-ring (bicyclic) bond motifs is 1. The van der Waals surface area contributed by atoms with E-state index in [4.69, 9.17) is 0 Å². The monoisotopic (exact) mass is 341 g/mol. The van der Waals surface area contributed by atoms with Gasteiger partial charge < -0.3 is 14.2 Å². The van der Waals surface area contributed by atoms with Crippen molar-refractivity contribution in [1.29, 1.82) is 0 Å². The number of nitrogens with one attached hydrogen (secondary N) is 1. The van der Waals surface area contributed by atoms with E-state index >= 15 is 0 Å². The lowest BCUT2D eigenvalue weighted by atomic mass is 10.2. The molecule has 2 aromatic rings. The first-order valence-electron chi connectivity index (χ1n) is 6.13. The molecule has 0 aromatic carbocycles. The summed E-state index contributed by atoms with van der Waals surface area (Å²) in [5.41, 5.74) is 1.70. The minimum absolute atomic E-state index is 0.391. The zero-order valence-corrected chi connectivity index (χ0v) is 12.8. The number of methoxy groups -OCH3 is 1. The number of esters is 1. The molecule has 0 aliphatic rings. The molecule has 108 valence electrons. The Morgan fingerprint density at radius 3 is 3.00 bits per heavy atom. The number of aliphatic hydroxyl groups excluding tert-OH is 1. The number of halogens is 1. The Morgan fingerprint density at radius 1 is 1.60 bits per heavy atom. The highest BCUT2D eigenvalue weighted by molar-refractivity contribution is 9.10. The number of ether oxygens (including phenoxy) is 1. The van der Waals surface area contributed by atoms with Crippen LogP contribution in [0.2, 0.25) is 0 Å². The Kier molecular flexibility index (Phi) is 4.74. The second kappa shape index (κ2) is 6.34. The second-order valence-electron chi connectivity index (χ2n) is 4.45. The molecule has 6 nitrogen and oxygen atoms in total. The topological polar surface area (TPSA) is 75.9 Å². The molecule has 0 aliphatic carbocycles. The molecular weight excluding hydrogens is 326 g/mol. The van der Waals surface area contributed by atoms with Crippen LogP contribution in [0, 0.1) is 0 Å². The van der Waals surface area contributed by atoms with Gasteiger partial charge in [-0.25, -0.2) is 4.98 Å². The number of hydrogen-bond acceptors (Lipinski definition) is 5. The largest absolute Gasteiger partial charge is 0.468 e. The third kappa shape index (κ3) is 3.17. The molecule has 2 aromatic heterocycles. The molecule has 0 fully saturated rings. The van der Waals surface area contributed by atoms with Gasteiger partial charge in [0, 0.05) is 17.2 Å². The van der Waals surface area contributed by atoms with Crippen molar-refractivity contribution in [3.05, 3.63) is 34.7 Å². The number of rotatable bonds is 5. The van der Waals surface area contributed by atoms with E-state index < -0.39 is 18.1 Å². The summed E-state index contributed by atoms with van der Waals surface area (Å²) in [6.45, 7) is 1.93. The number of hydrogen-bond donors (Lipinski definition) is 2. The van der Waals surface area contributed by atoms with Crippen molar-refractivity contribution in [1.82, 2.24) is 14.7 Å². The molecule has 0 bridgehead atoms. The minimum Gasteiger partial charge on any atom is -0.468 e. The summed E-state index contributed by atoms with van der Waals surface area (Å²) in [7, 11) is 1.30. The quantitative estimate of drug-likeness (QED) is 0.796. The predicted molar refractivity (Wildman–Crippen MR) is 77.2 cm³/mol. The highest BCUT2D eigenvalue weighted by Gasteiger charge is 2.24. The maximum Gasteiger partial charge on any atom is 0.325 e. The van der Waals surface area contributed by atoms with Crippen molar-refractivity contribution in [2.75, 3.05) is 7.11 Å². The van der Waals surface area contributed by atoms with Crippen LogP contribution in [0.25, 0.3) is 5.65 Å². The molecule has 0 aliphatic heterocycles. The first-order chi connectivity index (χ1) is 9.52. The fraction of sp³-hybridized carbons (Fsp3) is 0.385. The van der Waals surface area contributed by atoms with Gasteiger partial charge in [-0.1, -0.05) is 0 Å². The summed E-state index contributed by atoms with van der Waals surface area (Å²) in [6.07, 6.45) is 2.79. The van der Waals surface area contributed by atoms with Gasteiger partial charge in [0.15, 0.2) is 0 Å². The molecule has 2 rings (SSSR count). The van der Waals surface area contributed by atoms with E-state index in [2.05, 4.69) is 31.0 Å². The number of aliphatic hydroxyl groups is 1. The molecule has 0 radical (unpaired) electrons. The van der Waals surface area contributed by atoms with Crippen molar-refractivity contribution in [2.24, 2.45) is 0 Å². The Balaban J connectivity index is 2.15. The molecule has 0 saturated carbocycles. The van der Waals surface area contributed by atoms with E-state index in [1.807, 2.05) is 22.7 Å². The molecule has 2 N–H and O–H groups in total. The van der Waals surface area contributed by atoms with Crippen LogP contribution >= 0.6 is 15.9 Å². The Bertz CT molecular complexity index is 612. The zero-order valence-electron chi connectivity index (χ0n) is 11.2. The summed E-state index contributed by atoms with van der Waals surface area (Å²) in [5, 5.41) is 12.6. The van der Waals surface area contributed by atoms with Crippen LogP contribution in [0.4, 0.5) is 0 Å². The van der Waals surface area contributed by atoms with Gasteiger partial charge in [0.05, 0.1) is 25.1 Å². The van der Waals surface area contributed by atoms with Gasteiger partial charge in [0.1, 0.15) is 11.7 Å². The highest BCUT2D eigenvalue weighted by Crippen LogP contribution is 2.13. The van der Waals surface area contributed by atoms with Crippen LogP contribution in [0.5, 0.6) is 0 Å². The van der Waals surface area contributed by atoms with Gasteiger partial charge in [-0.05, 0) is 35.0 Å². The van der Waals surface area contributed by atoms with Gasteiger partial charge >= 0.3 is 5.97 Å². The first-order valence-corrected chi connectivity index (χ1v) is 6.93. The number of pyridine rings is 1. The maximum absolute atomic E-state index is 11.6. The third-order valence-electron chi connectivity index (χ3n) is 2.99. The van der Waals surface area contributed by atoms with Crippen molar-refractivity contribution < 1.29 is 14.6 Å². The number of carbonyl (C=O) groups excluding carboxylic acids is 1. The Labute approximate surface area is 124 Å². The number of aromatic nitrogens is 2. The van der Waals surface area contributed by atoms with Crippen LogP contribution in [0.15, 0.2) is 29.0 Å². The van der Waals surface area contributed by atoms with Crippen molar-refractivity contribution in [3.63, 3.8) is 0 Å². The van der Waals surface area contributed by atoms with Crippen LogP contribution in [-0.2, 0) is 16.1 Å². The maximum atomic E-state index is 11.6. The Morgan fingerprint density at radius 2 is 2.35 bits per heavy atom. The van der Waals surface area contributed by atoms with E-state index in [0.717, 1.165) is 15.8 Å². The fourth-order valence-electron chi connectivity index (χ4n) is 1.93. The van der Waals surface area contributed by atoms with E-state index in [9.17, 15) is 9.90 Å². The smallest absolute Gasteiger partial charge is 0.325 e. The standard InChI is InChI=1S/C13H16BrN3O3/c1-8(18)12(13(19)20-2)16-6-10-5-15-11-4-3-9(14)7-17(10)11/h3-5,7-8,12,16,18H,6H2,1-2H3/t8-,12+/m0/s1. The van der Waals surface area contributed by atoms with E-state index in [0.29, 0.717) is 6.54 Å². The first kappa shape index (κ1) is 15.0. The third-order valence-corrected chi connectivity index (χ3v) is 3.46. The van der Waals surface area contributed by atoms with Gasteiger partial charge in [0.2, 0.25) is 0 Å². The lowest BCUT2D eigenvalue weighted by molar-refractivity contribution is -0.145. The van der Waals surface area contributed by atoms with E-state index in [1.54, 1.807) is 13.1 Å². The fourth-order valence-corrected chi connectivity index (χ4v) is 2.27. The van der Waals surface area contributed by atoms with E-state index in [1.165, 1.54) is 7.11 Å². The van der Waals surface area contributed by atoms with Crippen LogP contribution in [-0.4, -0.2) is 39.7 Å². The molecule has 7 heteroatoms. The van der Waals surface area contributed by atoms with Gasteiger partial charge in [-0.3, -0.25) is 10.1 Å². The van der Waals surface area contributed by atoms with Crippen molar-refractivity contribution in [3.8, 4) is 0 Å². The normalized spacial score (nSPS) is 14.2. The minimum atomic E-state index is -0.839. The number of nitrogens with zero attached hydrogens (tertiary/aromatic N) is 2.